The first-order chi connectivity index (χ1) is 16.0. The van der Waals surface area contributed by atoms with Crippen LogP contribution in [0.25, 0.3) is 0 Å². The van der Waals surface area contributed by atoms with Gasteiger partial charge in [0.15, 0.2) is 0 Å². The summed E-state index contributed by atoms with van der Waals surface area (Å²) in [6.45, 7) is 2.99. The lowest BCUT2D eigenvalue weighted by Crippen LogP contribution is -2.29. The van der Waals surface area contributed by atoms with E-state index in [1.807, 2.05) is 66.9 Å². The second-order valence-corrected chi connectivity index (χ2v) is 10.4. The van der Waals surface area contributed by atoms with Gasteiger partial charge in [-0.05, 0) is 74.1 Å². The van der Waals surface area contributed by atoms with Gasteiger partial charge >= 0.3 is 6.09 Å². The molecule has 33 heavy (non-hydrogen) atoms. The van der Waals surface area contributed by atoms with E-state index in [1.165, 1.54) is 10.5 Å². The molecule has 1 aromatic heterocycles. The van der Waals surface area contributed by atoms with Gasteiger partial charge in [0, 0.05) is 50.7 Å². The second-order valence-electron chi connectivity index (χ2n) is 8.43. The number of hydrogen-bond donors (Lipinski definition) is 1. The second kappa shape index (κ2) is 10.9. The molecule has 5 nitrogen and oxygen atoms in total. The lowest BCUT2D eigenvalue weighted by molar-refractivity contribution is 0.168. The zero-order valence-electron chi connectivity index (χ0n) is 18.5. The topological polar surface area (TPSA) is 56.1 Å². The van der Waals surface area contributed by atoms with Gasteiger partial charge in [0.05, 0.1) is 12.9 Å². The van der Waals surface area contributed by atoms with Gasteiger partial charge in [-0.2, -0.15) is 0 Å². The van der Waals surface area contributed by atoms with Gasteiger partial charge in [-0.25, -0.2) is 9.78 Å². The highest BCUT2D eigenvalue weighted by atomic mass is 35.5. The van der Waals surface area contributed by atoms with Gasteiger partial charge in [0.25, 0.3) is 0 Å². The van der Waals surface area contributed by atoms with Crippen LogP contribution in [-0.4, -0.2) is 28.0 Å². The van der Waals surface area contributed by atoms with E-state index in [-0.39, 0.29) is 5.41 Å². The largest absolute Gasteiger partial charge is 0.450 e. The number of ether oxygens (including phenoxy) is 1. The molecule has 1 aliphatic carbocycles. The Hall–Kier alpha value is -2.15. The molecule has 4 rings (SSSR count). The average molecular weight is 504 g/mol. The smallest absolute Gasteiger partial charge is 0.411 e. The Morgan fingerprint density at radius 3 is 2.79 bits per heavy atom. The molecular formula is C25H27Cl2N3O2S. The third-order valence-corrected chi connectivity index (χ3v) is 7.91. The van der Waals surface area contributed by atoms with Crippen molar-refractivity contribution in [1.82, 2.24) is 9.55 Å². The monoisotopic (exact) mass is 503 g/mol. The zero-order chi connectivity index (χ0) is 23.3. The molecule has 0 spiro atoms. The van der Waals surface area contributed by atoms with Crippen molar-refractivity contribution in [2.24, 2.45) is 5.92 Å². The van der Waals surface area contributed by atoms with Gasteiger partial charge in [-0.1, -0.05) is 29.3 Å². The quantitative estimate of drug-likeness (QED) is 0.328. The predicted octanol–water partition coefficient (Wildman–Crippen LogP) is 7.29. The number of imidazole rings is 1. The molecule has 0 aliphatic heterocycles. The van der Waals surface area contributed by atoms with Crippen molar-refractivity contribution in [2.45, 2.75) is 43.0 Å². The van der Waals surface area contributed by atoms with Crippen LogP contribution in [-0.2, 0) is 16.7 Å². The lowest BCUT2D eigenvalue weighted by Gasteiger charge is -2.32. The van der Waals surface area contributed by atoms with Crippen LogP contribution in [0.2, 0.25) is 10.0 Å². The van der Waals surface area contributed by atoms with E-state index in [0.717, 1.165) is 42.3 Å². The van der Waals surface area contributed by atoms with Crippen molar-refractivity contribution in [3.8, 4) is 0 Å². The fourth-order valence-corrected chi connectivity index (χ4v) is 6.29. The van der Waals surface area contributed by atoms with Crippen LogP contribution in [0.1, 0.15) is 31.7 Å². The first-order valence-corrected chi connectivity index (χ1v) is 12.8. The highest BCUT2D eigenvalue weighted by molar-refractivity contribution is 7.99. The SMILES string of the molecule is CCOC(=O)Nc1ccc(SCC2CCC(Cn3ccnc3)(c3ccc(Cl)cc3Cl)C2)cc1. The average Bonchev–Trinajstić information content (AvgIpc) is 3.44. The summed E-state index contributed by atoms with van der Waals surface area (Å²) in [6.07, 6.45) is 8.54. The number of benzene rings is 2. The van der Waals surface area contributed by atoms with E-state index >= 15 is 0 Å². The minimum absolute atomic E-state index is 0.0407. The molecule has 174 valence electrons. The number of thioether (sulfide) groups is 1. The Balaban J connectivity index is 1.42. The molecule has 1 heterocycles. The van der Waals surface area contributed by atoms with Crippen LogP contribution >= 0.6 is 35.0 Å². The van der Waals surface area contributed by atoms with Crippen LogP contribution in [0.4, 0.5) is 10.5 Å². The Kier molecular flexibility index (Phi) is 7.89. The van der Waals surface area contributed by atoms with Gasteiger partial charge < -0.3 is 9.30 Å². The molecule has 0 radical (unpaired) electrons. The molecule has 3 aromatic rings. The molecule has 1 N–H and O–H groups in total. The van der Waals surface area contributed by atoms with Crippen molar-refractivity contribution in [2.75, 3.05) is 17.7 Å². The zero-order valence-corrected chi connectivity index (χ0v) is 20.8. The van der Waals surface area contributed by atoms with Crippen molar-refractivity contribution >= 4 is 46.7 Å². The molecular weight excluding hydrogens is 477 g/mol. The molecule has 2 atom stereocenters. The number of aromatic nitrogens is 2. The molecule has 1 fully saturated rings. The van der Waals surface area contributed by atoms with Crippen LogP contribution in [0.3, 0.4) is 0 Å². The van der Waals surface area contributed by atoms with E-state index in [1.54, 1.807) is 6.92 Å². The number of anilines is 1. The lowest BCUT2D eigenvalue weighted by atomic mass is 9.78. The highest BCUT2D eigenvalue weighted by Gasteiger charge is 2.42. The Morgan fingerprint density at radius 2 is 2.09 bits per heavy atom. The first-order valence-electron chi connectivity index (χ1n) is 11.1. The maximum atomic E-state index is 11.6. The third kappa shape index (κ3) is 6.05. The van der Waals surface area contributed by atoms with Crippen LogP contribution in [0.15, 0.2) is 66.1 Å². The van der Waals surface area contributed by atoms with Crippen LogP contribution in [0, 0.1) is 5.92 Å². The summed E-state index contributed by atoms with van der Waals surface area (Å²) < 4.78 is 7.07. The van der Waals surface area contributed by atoms with E-state index < -0.39 is 6.09 Å². The standard InChI is InChI=1S/C25H27Cl2N3O2S/c1-2-32-24(31)29-20-4-6-21(7-5-20)33-15-18-9-10-25(14-18,16-30-12-11-28-17-30)22-8-3-19(26)13-23(22)27/h3-8,11-13,17-18H,2,9-10,14-16H2,1H3,(H,29,31). The number of hydrogen-bond acceptors (Lipinski definition) is 4. The number of nitrogens with one attached hydrogen (secondary N) is 1. The minimum Gasteiger partial charge on any atom is -0.450 e. The summed E-state index contributed by atoms with van der Waals surface area (Å²) in [4.78, 5) is 17.0. The Bertz CT molecular complexity index is 1080. The fraction of sp³-hybridized carbons (Fsp3) is 0.360. The molecule has 0 bridgehead atoms. The maximum Gasteiger partial charge on any atom is 0.411 e. The summed E-state index contributed by atoms with van der Waals surface area (Å²) in [6, 6.07) is 13.8. The van der Waals surface area contributed by atoms with Gasteiger partial charge in [-0.3, -0.25) is 5.32 Å². The Labute approximate surface area is 208 Å². The fourth-order valence-electron chi connectivity index (χ4n) is 4.64. The van der Waals surface area contributed by atoms with Gasteiger partial charge in [0.1, 0.15) is 0 Å². The first kappa shape index (κ1) is 24.0. The number of halogens is 2. The van der Waals surface area contributed by atoms with Gasteiger partial charge in [0.2, 0.25) is 0 Å². The van der Waals surface area contributed by atoms with Crippen molar-refractivity contribution in [3.63, 3.8) is 0 Å². The third-order valence-electron chi connectivity index (χ3n) is 6.12. The van der Waals surface area contributed by atoms with Crippen molar-refractivity contribution in [3.05, 3.63) is 76.8 Å². The van der Waals surface area contributed by atoms with Crippen molar-refractivity contribution in [1.29, 1.82) is 0 Å². The van der Waals surface area contributed by atoms with Crippen molar-refractivity contribution < 1.29 is 9.53 Å². The number of nitrogens with zero attached hydrogens (tertiary/aromatic N) is 2. The molecule has 8 heteroatoms. The van der Waals surface area contributed by atoms with E-state index in [9.17, 15) is 4.79 Å². The normalized spacial score (nSPS) is 20.0. The molecule has 2 aromatic carbocycles. The summed E-state index contributed by atoms with van der Waals surface area (Å²) >= 11 is 14.7. The maximum absolute atomic E-state index is 11.6. The highest BCUT2D eigenvalue weighted by Crippen LogP contribution is 2.49. The Morgan fingerprint density at radius 1 is 1.27 bits per heavy atom. The van der Waals surface area contributed by atoms with E-state index in [0.29, 0.717) is 17.5 Å². The summed E-state index contributed by atoms with van der Waals surface area (Å²) in [5.74, 6) is 1.60. The summed E-state index contributed by atoms with van der Waals surface area (Å²) in [5.41, 5.74) is 1.86. The summed E-state index contributed by atoms with van der Waals surface area (Å²) in [5, 5.41) is 4.12. The molecule has 0 saturated heterocycles. The number of rotatable bonds is 8. The molecule has 1 aliphatic rings. The number of carbonyl (C=O) groups is 1. The van der Waals surface area contributed by atoms with Crippen LogP contribution in [0.5, 0.6) is 0 Å². The molecule has 1 saturated carbocycles. The number of amides is 1. The molecule has 1 amide bonds. The predicted molar refractivity (Wildman–Crippen MR) is 136 cm³/mol. The van der Waals surface area contributed by atoms with E-state index in [4.69, 9.17) is 27.9 Å². The molecule has 2 unspecified atom stereocenters. The van der Waals surface area contributed by atoms with E-state index in [2.05, 4.69) is 20.9 Å². The minimum atomic E-state index is -0.432. The summed E-state index contributed by atoms with van der Waals surface area (Å²) in [7, 11) is 0. The van der Waals surface area contributed by atoms with Gasteiger partial charge in [-0.15, -0.1) is 11.8 Å². The number of carbonyl (C=O) groups excluding carboxylic acids is 1. The van der Waals surface area contributed by atoms with Crippen LogP contribution < -0.4 is 5.32 Å².